The molecule has 0 fully saturated rings. The average molecular weight is 409 g/mol. The smallest absolute Gasteiger partial charge is 0.412 e. The molecule has 7 nitrogen and oxygen atoms in total. The number of carbonyl (C=O) groups is 2. The number of carbonyl (C=O) groups excluding carboxylic acids is 2. The molecule has 0 unspecified atom stereocenters. The number of amides is 1. The van der Waals surface area contributed by atoms with Gasteiger partial charge in [-0.05, 0) is 36.6 Å². The molecule has 1 amide bonds. The molecule has 1 aromatic heterocycles. The van der Waals surface area contributed by atoms with Gasteiger partial charge in [0.1, 0.15) is 12.2 Å². The van der Waals surface area contributed by atoms with Crippen molar-refractivity contribution in [3.63, 3.8) is 0 Å². The van der Waals surface area contributed by atoms with E-state index in [0.717, 1.165) is 4.47 Å². The molecule has 2 N–H and O–H groups in total. The lowest BCUT2D eigenvalue weighted by atomic mass is 10.00. The lowest BCUT2D eigenvalue weighted by molar-refractivity contribution is -0.127. The largest absolute Gasteiger partial charge is 0.438 e. The molecule has 0 saturated heterocycles. The van der Waals surface area contributed by atoms with E-state index in [9.17, 15) is 9.59 Å². The van der Waals surface area contributed by atoms with E-state index >= 15 is 0 Å². The molecule has 0 bridgehead atoms. The first kappa shape index (κ1) is 19.1. The molecule has 2 aromatic rings. The Balaban J connectivity index is 1.92. The van der Waals surface area contributed by atoms with E-state index in [1.165, 1.54) is 6.33 Å². The van der Waals surface area contributed by atoms with Crippen molar-refractivity contribution in [2.45, 2.75) is 39.2 Å². The van der Waals surface area contributed by atoms with Crippen LogP contribution < -0.4 is 5.32 Å². The first-order valence-corrected chi connectivity index (χ1v) is 8.83. The fourth-order valence-electron chi connectivity index (χ4n) is 2.24. The Hall–Kier alpha value is -2.22. The third kappa shape index (κ3) is 6.66. The highest BCUT2D eigenvalue weighted by Crippen LogP contribution is 2.16. The number of halogens is 1. The first-order valence-electron chi connectivity index (χ1n) is 8.04. The standard InChI is InChI=1S/C17H21BrN4O3/c1-11(2)9-15(14(23)7-8-16-19-10-20-22-16)25-17(24)21-13-5-3-12(18)4-6-13/h3-6,10-11,15H,7-9H2,1-2H3,(H,21,24)(H,19,20,22)/t15-/m0/s1. The van der Waals surface area contributed by atoms with E-state index in [-0.39, 0.29) is 18.1 Å². The zero-order valence-electron chi connectivity index (χ0n) is 14.2. The lowest BCUT2D eigenvalue weighted by Crippen LogP contribution is -2.31. The van der Waals surface area contributed by atoms with Crippen LogP contribution in [0.25, 0.3) is 0 Å². The molecule has 8 heteroatoms. The van der Waals surface area contributed by atoms with Crippen LogP contribution >= 0.6 is 15.9 Å². The number of benzene rings is 1. The van der Waals surface area contributed by atoms with E-state index in [0.29, 0.717) is 24.4 Å². The van der Waals surface area contributed by atoms with Crippen LogP contribution in [0.4, 0.5) is 10.5 Å². The van der Waals surface area contributed by atoms with Gasteiger partial charge in [-0.3, -0.25) is 15.2 Å². The topological polar surface area (TPSA) is 97.0 Å². The predicted octanol–water partition coefficient (Wildman–Crippen LogP) is 3.73. The van der Waals surface area contributed by atoms with E-state index in [1.807, 2.05) is 26.0 Å². The Morgan fingerprint density at radius 3 is 2.60 bits per heavy atom. The number of Topliss-reactive ketones (excluding diaryl/α,β-unsaturated/α-hetero) is 1. The number of nitrogens with one attached hydrogen (secondary N) is 2. The molecule has 1 aromatic carbocycles. The van der Waals surface area contributed by atoms with Crippen LogP contribution in [0.5, 0.6) is 0 Å². The van der Waals surface area contributed by atoms with Crippen molar-refractivity contribution in [3.8, 4) is 0 Å². The third-order valence-electron chi connectivity index (χ3n) is 3.46. The van der Waals surface area contributed by atoms with Gasteiger partial charge in [0.2, 0.25) is 0 Å². The van der Waals surface area contributed by atoms with Crippen LogP contribution in [0.1, 0.15) is 32.5 Å². The molecule has 2 rings (SSSR count). The zero-order valence-corrected chi connectivity index (χ0v) is 15.7. The number of anilines is 1. The lowest BCUT2D eigenvalue weighted by Gasteiger charge is -2.19. The number of rotatable bonds is 8. The number of ketones is 1. The van der Waals surface area contributed by atoms with Gasteiger partial charge in [-0.25, -0.2) is 9.78 Å². The second-order valence-electron chi connectivity index (χ2n) is 6.05. The highest BCUT2D eigenvalue weighted by atomic mass is 79.9. The van der Waals surface area contributed by atoms with Gasteiger partial charge in [-0.2, -0.15) is 5.10 Å². The van der Waals surface area contributed by atoms with E-state index in [2.05, 4.69) is 36.4 Å². The van der Waals surface area contributed by atoms with Crippen molar-refractivity contribution in [1.82, 2.24) is 15.2 Å². The molecule has 1 heterocycles. The van der Waals surface area contributed by atoms with Gasteiger partial charge in [0.15, 0.2) is 11.9 Å². The summed E-state index contributed by atoms with van der Waals surface area (Å²) in [5.41, 5.74) is 0.602. The summed E-state index contributed by atoms with van der Waals surface area (Å²) in [4.78, 5) is 28.5. The Morgan fingerprint density at radius 2 is 2.00 bits per heavy atom. The molecule has 1 atom stereocenters. The highest BCUT2D eigenvalue weighted by Gasteiger charge is 2.24. The quantitative estimate of drug-likeness (QED) is 0.693. The predicted molar refractivity (Wildman–Crippen MR) is 97.2 cm³/mol. The molecule has 134 valence electrons. The second kappa shape index (κ2) is 9.31. The molecule has 0 spiro atoms. The summed E-state index contributed by atoms with van der Waals surface area (Å²) < 4.78 is 6.28. The maximum absolute atomic E-state index is 12.4. The molecule has 0 aliphatic heterocycles. The van der Waals surface area contributed by atoms with Gasteiger partial charge in [0, 0.05) is 23.0 Å². The van der Waals surface area contributed by atoms with Crippen molar-refractivity contribution in [1.29, 1.82) is 0 Å². The normalized spacial score (nSPS) is 12.0. The minimum atomic E-state index is -0.779. The van der Waals surface area contributed by atoms with Crippen LogP contribution in [0.2, 0.25) is 0 Å². The van der Waals surface area contributed by atoms with Gasteiger partial charge in [0.05, 0.1) is 0 Å². The van der Waals surface area contributed by atoms with Crippen molar-refractivity contribution in [2.75, 3.05) is 5.32 Å². The molecule has 0 aliphatic carbocycles. The van der Waals surface area contributed by atoms with Crippen molar-refractivity contribution >= 4 is 33.5 Å². The van der Waals surface area contributed by atoms with Gasteiger partial charge in [0.25, 0.3) is 0 Å². The number of aromatic nitrogens is 3. The zero-order chi connectivity index (χ0) is 18.2. The summed E-state index contributed by atoms with van der Waals surface area (Å²) in [7, 11) is 0. The van der Waals surface area contributed by atoms with Crippen LogP contribution in [-0.2, 0) is 16.0 Å². The first-order chi connectivity index (χ1) is 11.9. The molecule has 25 heavy (non-hydrogen) atoms. The number of H-pyrrole nitrogens is 1. The van der Waals surface area contributed by atoms with Crippen LogP contribution in [0.15, 0.2) is 35.1 Å². The number of aromatic amines is 1. The number of hydrogen-bond acceptors (Lipinski definition) is 5. The summed E-state index contributed by atoms with van der Waals surface area (Å²) in [5.74, 6) is 0.728. The van der Waals surface area contributed by atoms with E-state index in [1.54, 1.807) is 12.1 Å². The summed E-state index contributed by atoms with van der Waals surface area (Å²) in [6.07, 6.45) is 1.12. The monoisotopic (exact) mass is 408 g/mol. The minimum Gasteiger partial charge on any atom is -0.438 e. The minimum absolute atomic E-state index is 0.129. The Kier molecular flexibility index (Phi) is 7.12. The maximum atomic E-state index is 12.4. The SMILES string of the molecule is CC(C)C[C@H](OC(=O)Nc1ccc(Br)cc1)C(=O)CCc1ncn[nH]1. The maximum Gasteiger partial charge on any atom is 0.412 e. The third-order valence-corrected chi connectivity index (χ3v) is 3.99. The molecular formula is C17H21BrN4O3. The van der Waals surface area contributed by atoms with Crippen molar-refractivity contribution in [3.05, 3.63) is 40.9 Å². The average Bonchev–Trinajstić information content (AvgIpc) is 3.07. The fourth-order valence-corrected chi connectivity index (χ4v) is 2.50. The van der Waals surface area contributed by atoms with Gasteiger partial charge in [-0.1, -0.05) is 29.8 Å². The van der Waals surface area contributed by atoms with Crippen molar-refractivity contribution in [2.24, 2.45) is 5.92 Å². The van der Waals surface area contributed by atoms with Crippen LogP contribution in [0, 0.1) is 5.92 Å². The van der Waals surface area contributed by atoms with Crippen LogP contribution in [-0.4, -0.2) is 33.2 Å². The number of hydrogen-bond donors (Lipinski definition) is 2. The Bertz CT molecular complexity index is 686. The number of ether oxygens (including phenoxy) is 1. The van der Waals surface area contributed by atoms with Gasteiger partial charge >= 0.3 is 6.09 Å². The van der Waals surface area contributed by atoms with Gasteiger partial charge in [-0.15, -0.1) is 0 Å². The van der Waals surface area contributed by atoms with E-state index < -0.39 is 12.2 Å². The summed E-state index contributed by atoms with van der Waals surface area (Å²) in [6.45, 7) is 3.96. The summed E-state index contributed by atoms with van der Waals surface area (Å²) >= 11 is 3.33. The Morgan fingerprint density at radius 1 is 1.28 bits per heavy atom. The second-order valence-corrected chi connectivity index (χ2v) is 6.97. The fraction of sp³-hybridized carbons (Fsp3) is 0.412. The molecular weight excluding hydrogens is 388 g/mol. The Labute approximate surface area is 154 Å². The molecule has 0 saturated carbocycles. The summed E-state index contributed by atoms with van der Waals surface area (Å²) in [6, 6.07) is 7.11. The van der Waals surface area contributed by atoms with Gasteiger partial charge < -0.3 is 4.74 Å². The van der Waals surface area contributed by atoms with Crippen molar-refractivity contribution < 1.29 is 14.3 Å². The summed E-state index contributed by atoms with van der Waals surface area (Å²) in [5, 5.41) is 9.10. The highest BCUT2D eigenvalue weighted by molar-refractivity contribution is 9.10. The van der Waals surface area contributed by atoms with E-state index in [4.69, 9.17) is 4.74 Å². The molecule has 0 radical (unpaired) electrons. The van der Waals surface area contributed by atoms with Crippen LogP contribution in [0.3, 0.4) is 0 Å². The number of nitrogens with zero attached hydrogens (tertiary/aromatic N) is 2. The number of aryl methyl sites for hydroxylation is 1. The molecule has 0 aliphatic rings.